The van der Waals surface area contributed by atoms with Gasteiger partial charge in [0.1, 0.15) is 11.5 Å². The Morgan fingerprint density at radius 3 is 2.50 bits per heavy atom. The normalized spacial score (nSPS) is 16.4. The predicted molar refractivity (Wildman–Crippen MR) is 113 cm³/mol. The van der Waals surface area contributed by atoms with Gasteiger partial charge in [0.2, 0.25) is 5.91 Å². The first kappa shape index (κ1) is 21.2. The van der Waals surface area contributed by atoms with Crippen LogP contribution in [0.1, 0.15) is 25.7 Å². The SMILES string of the molecule is Cn1c(=NC(=O)CS(=O)(=O)CC(=O)N2CCCCCC2)sc2cc(Br)ccc21. The number of rotatable bonds is 4. The third-order valence-electron chi connectivity index (χ3n) is 4.64. The highest BCUT2D eigenvalue weighted by molar-refractivity contribution is 9.10. The van der Waals surface area contributed by atoms with E-state index in [4.69, 9.17) is 0 Å². The summed E-state index contributed by atoms with van der Waals surface area (Å²) in [6, 6.07) is 5.70. The van der Waals surface area contributed by atoms with Crippen molar-refractivity contribution in [1.29, 1.82) is 0 Å². The average Bonchev–Trinajstić information content (AvgIpc) is 2.79. The van der Waals surface area contributed by atoms with E-state index in [-0.39, 0.29) is 0 Å². The van der Waals surface area contributed by atoms with E-state index in [9.17, 15) is 18.0 Å². The second kappa shape index (κ2) is 8.87. The molecule has 7 nitrogen and oxygen atoms in total. The molecule has 0 unspecified atom stereocenters. The van der Waals surface area contributed by atoms with Gasteiger partial charge in [-0.2, -0.15) is 4.99 Å². The Morgan fingerprint density at radius 2 is 1.82 bits per heavy atom. The molecule has 0 bridgehead atoms. The Bertz CT molecular complexity index is 1060. The minimum absolute atomic E-state index is 0.423. The highest BCUT2D eigenvalue weighted by Crippen LogP contribution is 2.21. The van der Waals surface area contributed by atoms with Crippen molar-refractivity contribution >= 4 is 59.1 Å². The van der Waals surface area contributed by atoms with Crippen molar-refractivity contribution < 1.29 is 18.0 Å². The zero-order chi connectivity index (χ0) is 20.3. The van der Waals surface area contributed by atoms with E-state index in [0.717, 1.165) is 40.4 Å². The zero-order valence-electron chi connectivity index (χ0n) is 15.6. The Kier molecular flexibility index (Phi) is 6.72. The number of benzene rings is 1. The molecule has 2 amide bonds. The highest BCUT2D eigenvalue weighted by Gasteiger charge is 2.25. The first-order valence-electron chi connectivity index (χ1n) is 9.06. The van der Waals surface area contributed by atoms with Crippen molar-refractivity contribution in [3.8, 4) is 0 Å². The molecule has 1 fully saturated rings. The van der Waals surface area contributed by atoms with Crippen molar-refractivity contribution in [2.45, 2.75) is 25.7 Å². The average molecular weight is 488 g/mol. The summed E-state index contributed by atoms with van der Waals surface area (Å²) in [5.41, 5.74) is 0.902. The number of fused-ring (bicyclic) bond motifs is 1. The van der Waals surface area contributed by atoms with Gasteiger partial charge in [-0.05, 0) is 31.0 Å². The summed E-state index contributed by atoms with van der Waals surface area (Å²) in [6.07, 6.45) is 3.88. The summed E-state index contributed by atoms with van der Waals surface area (Å²) in [6.45, 7) is 1.17. The molecular weight excluding hydrogens is 466 g/mol. The lowest BCUT2D eigenvalue weighted by atomic mass is 10.2. The number of halogens is 1. The maximum absolute atomic E-state index is 12.3. The molecule has 1 aliphatic rings. The second-order valence-electron chi connectivity index (χ2n) is 6.89. The number of hydrogen-bond donors (Lipinski definition) is 0. The second-order valence-corrected chi connectivity index (χ2v) is 10.9. The van der Waals surface area contributed by atoms with Crippen LogP contribution in [-0.2, 0) is 26.5 Å². The smallest absolute Gasteiger partial charge is 0.263 e. The van der Waals surface area contributed by atoms with E-state index in [1.165, 1.54) is 11.3 Å². The number of carbonyl (C=O) groups excluding carboxylic acids is 2. The summed E-state index contributed by atoms with van der Waals surface area (Å²) in [5.74, 6) is -2.58. The van der Waals surface area contributed by atoms with Crippen LogP contribution >= 0.6 is 27.3 Å². The highest BCUT2D eigenvalue weighted by atomic mass is 79.9. The number of thiazole rings is 1. The minimum Gasteiger partial charge on any atom is -0.342 e. The lowest BCUT2D eigenvalue weighted by Crippen LogP contribution is -2.37. The van der Waals surface area contributed by atoms with Gasteiger partial charge in [0, 0.05) is 24.6 Å². The molecule has 1 aromatic heterocycles. The Balaban J connectivity index is 1.72. The Morgan fingerprint density at radius 1 is 1.14 bits per heavy atom. The van der Waals surface area contributed by atoms with E-state index in [2.05, 4.69) is 20.9 Å². The number of aryl methyl sites for hydroxylation is 1. The molecule has 3 rings (SSSR count). The Labute approximate surface area is 176 Å². The third kappa shape index (κ3) is 5.30. The summed E-state index contributed by atoms with van der Waals surface area (Å²) < 4.78 is 28.3. The van der Waals surface area contributed by atoms with Gasteiger partial charge in [-0.15, -0.1) is 0 Å². The van der Waals surface area contributed by atoms with Crippen molar-refractivity contribution in [3.63, 3.8) is 0 Å². The quantitative estimate of drug-likeness (QED) is 0.661. The monoisotopic (exact) mass is 487 g/mol. The van der Waals surface area contributed by atoms with E-state index in [1.807, 2.05) is 18.2 Å². The molecule has 0 radical (unpaired) electrons. The van der Waals surface area contributed by atoms with Crippen LogP contribution in [0, 0.1) is 0 Å². The summed E-state index contributed by atoms with van der Waals surface area (Å²) in [4.78, 5) is 30.5. The summed E-state index contributed by atoms with van der Waals surface area (Å²) >= 11 is 4.71. The van der Waals surface area contributed by atoms with Gasteiger partial charge in [-0.3, -0.25) is 9.59 Å². The van der Waals surface area contributed by atoms with Gasteiger partial charge in [0.15, 0.2) is 14.6 Å². The van der Waals surface area contributed by atoms with Gasteiger partial charge >= 0.3 is 0 Å². The molecule has 2 heterocycles. The van der Waals surface area contributed by atoms with Crippen LogP contribution in [0.25, 0.3) is 10.2 Å². The number of aromatic nitrogens is 1. The molecule has 0 atom stereocenters. The fraction of sp³-hybridized carbons (Fsp3) is 0.500. The third-order valence-corrected chi connectivity index (χ3v) is 7.60. The maximum atomic E-state index is 12.3. The molecule has 10 heteroatoms. The van der Waals surface area contributed by atoms with Crippen LogP contribution in [0.3, 0.4) is 0 Å². The predicted octanol–water partition coefficient (Wildman–Crippen LogP) is 2.25. The molecule has 1 saturated heterocycles. The molecule has 2 aromatic rings. The number of hydrogen-bond acceptors (Lipinski definition) is 5. The number of sulfone groups is 1. The summed E-state index contributed by atoms with van der Waals surface area (Å²) in [5, 5.41) is 0. The van der Waals surface area contributed by atoms with Gasteiger partial charge in [-0.1, -0.05) is 40.1 Å². The van der Waals surface area contributed by atoms with Gasteiger partial charge in [-0.25, -0.2) is 8.42 Å². The lowest BCUT2D eigenvalue weighted by molar-refractivity contribution is -0.128. The standard InChI is InChI=1S/C18H22BrN3O4S2/c1-21-14-7-6-13(19)10-15(14)27-18(21)20-16(23)11-28(25,26)12-17(24)22-8-4-2-3-5-9-22/h6-7,10H,2-5,8-9,11-12H2,1H3. The van der Waals surface area contributed by atoms with Gasteiger partial charge in [0.05, 0.1) is 10.2 Å². The first-order valence-corrected chi connectivity index (χ1v) is 12.5. The van der Waals surface area contributed by atoms with E-state index in [0.29, 0.717) is 17.9 Å². The van der Waals surface area contributed by atoms with Crippen molar-refractivity contribution in [2.24, 2.45) is 12.0 Å². The fourth-order valence-corrected chi connectivity index (χ4v) is 5.88. The van der Waals surface area contributed by atoms with Crippen LogP contribution < -0.4 is 4.80 Å². The van der Waals surface area contributed by atoms with E-state index < -0.39 is 33.2 Å². The molecule has 0 aliphatic carbocycles. The largest absolute Gasteiger partial charge is 0.342 e. The molecule has 28 heavy (non-hydrogen) atoms. The number of nitrogens with zero attached hydrogens (tertiary/aromatic N) is 3. The molecule has 0 N–H and O–H groups in total. The van der Waals surface area contributed by atoms with Crippen LogP contribution in [0.5, 0.6) is 0 Å². The maximum Gasteiger partial charge on any atom is 0.263 e. The van der Waals surface area contributed by atoms with E-state index in [1.54, 1.807) is 16.5 Å². The Hall–Kier alpha value is -1.52. The van der Waals surface area contributed by atoms with Gasteiger partial charge in [0.25, 0.3) is 5.91 Å². The fourth-order valence-electron chi connectivity index (χ4n) is 3.19. The van der Waals surface area contributed by atoms with Crippen molar-refractivity contribution in [1.82, 2.24) is 9.47 Å². The summed E-state index contributed by atoms with van der Waals surface area (Å²) in [7, 11) is -2.08. The van der Waals surface area contributed by atoms with Gasteiger partial charge < -0.3 is 9.47 Å². The zero-order valence-corrected chi connectivity index (χ0v) is 18.8. The lowest BCUT2D eigenvalue weighted by Gasteiger charge is -2.19. The molecule has 1 aromatic carbocycles. The number of carbonyl (C=O) groups is 2. The first-order chi connectivity index (χ1) is 13.2. The molecule has 0 saturated carbocycles. The van der Waals surface area contributed by atoms with Crippen LogP contribution in [0.2, 0.25) is 0 Å². The van der Waals surface area contributed by atoms with Crippen LogP contribution in [0.4, 0.5) is 0 Å². The number of amides is 2. The molecular formula is C18H22BrN3O4S2. The molecule has 152 valence electrons. The van der Waals surface area contributed by atoms with Crippen molar-refractivity contribution in [2.75, 3.05) is 24.6 Å². The van der Waals surface area contributed by atoms with Crippen LogP contribution in [0.15, 0.2) is 27.7 Å². The molecule has 0 spiro atoms. The minimum atomic E-state index is -3.86. The van der Waals surface area contributed by atoms with E-state index >= 15 is 0 Å². The topological polar surface area (TPSA) is 88.8 Å². The van der Waals surface area contributed by atoms with Crippen LogP contribution in [-0.4, -0.2) is 54.3 Å². The van der Waals surface area contributed by atoms with Crippen molar-refractivity contribution in [3.05, 3.63) is 27.5 Å². The number of likely N-dealkylation sites (tertiary alicyclic amines) is 1. The molecule has 1 aliphatic heterocycles.